The van der Waals surface area contributed by atoms with Gasteiger partial charge in [0.2, 0.25) is 0 Å². The molecule has 0 fully saturated rings. The predicted octanol–water partition coefficient (Wildman–Crippen LogP) is 3.83. The number of carbonyl (C=O) groups excluding carboxylic acids is 1. The Morgan fingerprint density at radius 2 is 2.00 bits per heavy atom. The van der Waals surface area contributed by atoms with Crippen molar-refractivity contribution in [3.05, 3.63) is 57.8 Å². The van der Waals surface area contributed by atoms with Crippen molar-refractivity contribution in [3.8, 4) is 6.07 Å². The highest BCUT2D eigenvalue weighted by Gasteiger charge is 2.31. The highest BCUT2D eigenvalue weighted by Crippen LogP contribution is 2.30. The van der Waals surface area contributed by atoms with Crippen LogP contribution in [-0.4, -0.2) is 10.5 Å². The third-order valence-electron chi connectivity index (χ3n) is 2.60. The molecule has 1 aromatic heterocycles. The SMILES string of the molecule is N#Cc1ccn(C(=O)c2cccc(C(F)(F)F)c2)c1Br. The second kappa shape index (κ2) is 5.13. The summed E-state index contributed by atoms with van der Waals surface area (Å²) in [6.07, 6.45) is -3.19. The first-order chi connectivity index (χ1) is 9.34. The summed E-state index contributed by atoms with van der Waals surface area (Å²) in [5.41, 5.74) is -0.780. The summed E-state index contributed by atoms with van der Waals surface area (Å²) >= 11 is 3.06. The summed E-state index contributed by atoms with van der Waals surface area (Å²) in [6, 6.07) is 7.38. The van der Waals surface area contributed by atoms with Gasteiger partial charge in [0.15, 0.2) is 0 Å². The second-order valence-corrected chi connectivity index (χ2v) is 4.64. The van der Waals surface area contributed by atoms with E-state index >= 15 is 0 Å². The van der Waals surface area contributed by atoms with Gasteiger partial charge in [0.1, 0.15) is 10.7 Å². The number of rotatable bonds is 1. The minimum atomic E-state index is -4.51. The maximum atomic E-state index is 12.6. The zero-order valence-corrected chi connectivity index (χ0v) is 11.4. The Morgan fingerprint density at radius 1 is 1.30 bits per heavy atom. The quantitative estimate of drug-likeness (QED) is 0.790. The minimum absolute atomic E-state index is 0.111. The molecule has 102 valence electrons. The number of benzene rings is 1. The average molecular weight is 343 g/mol. The first-order valence-electron chi connectivity index (χ1n) is 5.33. The van der Waals surface area contributed by atoms with Gasteiger partial charge in [-0.3, -0.25) is 9.36 Å². The number of carbonyl (C=O) groups is 1. The van der Waals surface area contributed by atoms with Crippen LogP contribution >= 0.6 is 15.9 Å². The molecule has 0 unspecified atom stereocenters. The fraction of sp³-hybridized carbons (Fsp3) is 0.0769. The number of aromatic nitrogens is 1. The van der Waals surface area contributed by atoms with Crippen molar-refractivity contribution in [2.24, 2.45) is 0 Å². The van der Waals surface area contributed by atoms with E-state index in [2.05, 4.69) is 15.9 Å². The van der Waals surface area contributed by atoms with E-state index in [0.717, 1.165) is 16.7 Å². The molecule has 0 bridgehead atoms. The molecule has 0 saturated carbocycles. The Balaban J connectivity index is 2.44. The predicted molar refractivity (Wildman–Crippen MR) is 68.0 cm³/mol. The summed E-state index contributed by atoms with van der Waals surface area (Å²) < 4.78 is 39.1. The molecule has 0 spiro atoms. The van der Waals surface area contributed by atoms with Crippen LogP contribution in [0.5, 0.6) is 0 Å². The molecule has 0 amide bonds. The maximum absolute atomic E-state index is 12.6. The fourth-order valence-corrected chi connectivity index (χ4v) is 2.12. The Labute approximate surface area is 120 Å². The molecule has 2 rings (SSSR count). The van der Waals surface area contributed by atoms with E-state index in [4.69, 9.17) is 5.26 Å². The Bertz CT molecular complexity index is 713. The Kier molecular flexibility index (Phi) is 3.68. The highest BCUT2D eigenvalue weighted by molar-refractivity contribution is 9.10. The first-order valence-corrected chi connectivity index (χ1v) is 6.13. The van der Waals surface area contributed by atoms with Crippen molar-refractivity contribution in [1.29, 1.82) is 5.26 Å². The summed E-state index contributed by atoms with van der Waals surface area (Å²) in [6.45, 7) is 0. The lowest BCUT2D eigenvalue weighted by molar-refractivity contribution is -0.137. The maximum Gasteiger partial charge on any atom is 0.416 e. The molecular formula is C13H6BrF3N2O. The van der Waals surface area contributed by atoms with Crippen LogP contribution in [0.4, 0.5) is 13.2 Å². The summed E-state index contributed by atoms with van der Waals surface area (Å²) in [4.78, 5) is 12.1. The van der Waals surface area contributed by atoms with Gasteiger partial charge in [-0.1, -0.05) is 6.07 Å². The number of halogens is 4. The minimum Gasteiger partial charge on any atom is -0.276 e. The van der Waals surface area contributed by atoms with Crippen molar-refractivity contribution >= 4 is 21.8 Å². The van der Waals surface area contributed by atoms with Crippen LogP contribution in [0.2, 0.25) is 0 Å². The van der Waals surface area contributed by atoms with Crippen LogP contribution in [0.3, 0.4) is 0 Å². The zero-order chi connectivity index (χ0) is 14.9. The molecule has 1 aromatic carbocycles. The van der Waals surface area contributed by atoms with Crippen LogP contribution in [0.1, 0.15) is 21.5 Å². The van der Waals surface area contributed by atoms with Crippen LogP contribution in [0.15, 0.2) is 41.1 Å². The van der Waals surface area contributed by atoms with E-state index in [0.29, 0.717) is 0 Å². The van der Waals surface area contributed by atoms with Crippen LogP contribution in [-0.2, 0) is 6.18 Å². The van der Waals surface area contributed by atoms with Gasteiger partial charge in [-0.25, -0.2) is 0 Å². The number of hydrogen-bond donors (Lipinski definition) is 0. The van der Waals surface area contributed by atoms with Gasteiger partial charge in [-0.05, 0) is 40.2 Å². The van der Waals surface area contributed by atoms with Gasteiger partial charge in [0.05, 0.1) is 11.1 Å². The van der Waals surface area contributed by atoms with Gasteiger partial charge in [-0.15, -0.1) is 0 Å². The number of nitrogens with zero attached hydrogens (tertiary/aromatic N) is 2. The lowest BCUT2D eigenvalue weighted by Crippen LogP contribution is -2.13. The molecule has 7 heteroatoms. The van der Waals surface area contributed by atoms with Gasteiger partial charge in [0.25, 0.3) is 5.91 Å². The molecule has 0 aliphatic rings. The average Bonchev–Trinajstić information content (AvgIpc) is 2.78. The smallest absolute Gasteiger partial charge is 0.276 e. The monoisotopic (exact) mass is 342 g/mol. The molecule has 0 radical (unpaired) electrons. The molecule has 0 atom stereocenters. The lowest BCUT2D eigenvalue weighted by atomic mass is 10.1. The van der Waals surface area contributed by atoms with Crippen molar-refractivity contribution in [2.75, 3.05) is 0 Å². The van der Waals surface area contributed by atoms with Gasteiger partial charge >= 0.3 is 6.18 Å². The van der Waals surface area contributed by atoms with Gasteiger partial charge in [-0.2, -0.15) is 18.4 Å². The van der Waals surface area contributed by atoms with Crippen LogP contribution in [0, 0.1) is 11.3 Å². The topological polar surface area (TPSA) is 45.8 Å². The van der Waals surface area contributed by atoms with E-state index in [-0.39, 0.29) is 15.7 Å². The highest BCUT2D eigenvalue weighted by atomic mass is 79.9. The zero-order valence-electron chi connectivity index (χ0n) is 9.78. The van der Waals surface area contributed by atoms with E-state index in [1.807, 2.05) is 6.07 Å². The number of hydrogen-bond acceptors (Lipinski definition) is 2. The molecule has 20 heavy (non-hydrogen) atoms. The number of nitriles is 1. The van der Waals surface area contributed by atoms with E-state index in [9.17, 15) is 18.0 Å². The third kappa shape index (κ3) is 2.60. The molecular weight excluding hydrogens is 337 g/mol. The van der Waals surface area contributed by atoms with Gasteiger partial charge in [0, 0.05) is 11.8 Å². The Hall–Kier alpha value is -2.07. The van der Waals surface area contributed by atoms with Crippen molar-refractivity contribution < 1.29 is 18.0 Å². The van der Waals surface area contributed by atoms with Crippen molar-refractivity contribution in [1.82, 2.24) is 4.57 Å². The summed E-state index contributed by atoms with van der Waals surface area (Å²) in [5.74, 6) is -0.649. The van der Waals surface area contributed by atoms with E-state index in [1.54, 1.807) is 0 Å². The summed E-state index contributed by atoms with van der Waals surface area (Å²) in [7, 11) is 0. The molecule has 0 aliphatic carbocycles. The largest absolute Gasteiger partial charge is 0.416 e. The Morgan fingerprint density at radius 3 is 2.55 bits per heavy atom. The molecule has 1 heterocycles. The van der Waals surface area contributed by atoms with Crippen LogP contribution < -0.4 is 0 Å². The van der Waals surface area contributed by atoms with E-state index in [1.165, 1.54) is 24.4 Å². The van der Waals surface area contributed by atoms with Crippen molar-refractivity contribution in [2.45, 2.75) is 6.18 Å². The van der Waals surface area contributed by atoms with Gasteiger partial charge < -0.3 is 0 Å². The normalized spacial score (nSPS) is 11.2. The second-order valence-electron chi connectivity index (χ2n) is 3.89. The number of alkyl halides is 3. The van der Waals surface area contributed by atoms with Crippen LogP contribution in [0.25, 0.3) is 0 Å². The third-order valence-corrected chi connectivity index (χ3v) is 3.41. The molecule has 3 nitrogen and oxygen atoms in total. The molecule has 2 aromatic rings. The van der Waals surface area contributed by atoms with E-state index < -0.39 is 17.6 Å². The lowest BCUT2D eigenvalue weighted by Gasteiger charge is -2.09. The van der Waals surface area contributed by atoms with Crippen molar-refractivity contribution in [3.63, 3.8) is 0 Å². The standard InChI is InChI=1S/C13H6BrF3N2O/c14-11-9(7-18)4-5-19(11)12(20)8-2-1-3-10(6-8)13(15,16)17/h1-6H. The summed E-state index contributed by atoms with van der Waals surface area (Å²) in [5, 5.41) is 8.78. The molecule has 0 aliphatic heterocycles. The fourth-order valence-electron chi connectivity index (χ4n) is 1.62. The molecule has 0 saturated heterocycles. The first kappa shape index (κ1) is 14.3. The molecule has 0 N–H and O–H groups in total.